The summed E-state index contributed by atoms with van der Waals surface area (Å²) in [6, 6.07) is 1.84. The first kappa shape index (κ1) is 14.0. The van der Waals surface area contributed by atoms with Gasteiger partial charge in [-0.15, -0.1) is 0 Å². The van der Waals surface area contributed by atoms with E-state index >= 15 is 0 Å². The van der Waals surface area contributed by atoms with Gasteiger partial charge in [0.15, 0.2) is 5.82 Å². The molecule has 2 rings (SSSR count). The summed E-state index contributed by atoms with van der Waals surface area (Å²) in [5.41, 5.74) is 7.24. The number of nitrogens with zero attached hydrogens (tertiary/aromatic N) is 4. The number of hydrogen-bond donors (Lipinski definition) is 2. The van der Waals surface area contributed by atoms with Gasteiger partial charge in [0, 0.05) is 6.20 Å². The summed E-state index contributed by atoms with van der Waals surface area (Å²) < 4.78 is 5.52. The second kappa shape index (κ2) is 6.14. The van der Waals surface area contributed by atoms with Gasteiger partial charge in [-0.1, -0.05) is 0 Å². The van der Waals surface area contributed by atoms with Gasteiger partial charge in [0.25, 0.3) is 0 Å². The number of aromatic nitrogens is 4. The second-order valence-corrected chi connectivity index (χ2v) is 4.56. The van der Waals surface area contributed by atoms with E-state index in [1.807, 2.05) is 26.8 Å². The zero-order valence-electron chi connectivity index (χ0n) is 11.8. The lowest BCUT2D eigenvalue weighted by Crippen LogP contribution is -2.12. The Bertz CT molecular complexity index is 587. The smallest absolute Gasteiger partial charge is 0.242 e. The lowest BCUT2D eigenvalue weighted by molar-refractivity contribution is 0.234. The van der Waals surface area contributed by atoms with Gasteiger partial charge in [0.1, 0.15) is 17.8 Å². The Kier molecular flexibility index (Phi) is 4.29. The highest BCUT2D eigenvalue weighted by molar-refractivity contribution is 5.66. The van der Waals surface area contributed by atoms with Crippen molar-refractivity contribution in [2.75, 3.05) is 11.1 Å². The van der Waals surface area contributed by atoms with E-state index in [-0.39, 0.29) is 6.10 Å². The van der Waals surface area contributed by atoms with Crippen LogP contribution in [0.1, 0.15) is 25.4 Å². The minimum atomic E-state index is 0.00423. The third-order valence-electron chi connectivity index (χ3n) is 2.47. The molecule has 106 valence electrons. The van der Waals surface area contributed by atoms with Crippen molar-refractivity contribution in [3.63, 3.8) is 0 Å². The molecule has 3 N–H and O–H groups in total. The van der Waals surface area contributed by atoms with E-state index in [1.54, 1.807) is 6.20 Å². The minimum absolute atomic E-state index is 0.00423. The molecule has 0 unspecified atom stereocenters. The Morgan fingerprint density at radius 2 is 2.10 bits per heavy atom. The number of ether oxygens (including phenoxy) is 1. The van der Waals surface area contributed by atoms with Crippen LogP contribution in [0.25, 0.3) is 0 Å². The van der Waals surface area contributed by atoms with Gasteiger partial charge in [0.2, 0.25) is 5.88 Å². The molecular weight excluding hydrogens is 256 g/mol. The van der Waals surface area contributed by atoms with Crippen LogP contribution in [-0.4, -0.2) is 26.0 Å². The predicted octanol–water partition coefficient (Wildman–Crippen LogP) is 1.56. The van der Waals surface area contributed by atoms with E-state index in [0.29, 0.717) is 23.9 Å². The number of rotatable bonds is 5. The van der Waals surface area contributed by atoms with E-state index in [4.69, 9.17) is 10.5 Å². The van der Waals surface area contributed by atoms with Gasteiger partial charge in [-0.3, -0.25) is 0 Å². The van der Waals surface area contributed by atoms with Crippen LogP contribution in [0.2, 0.25) is 0 Å². The summed E-state index contributed by atoms with van der Waals surface area (Å²) in [4.78, 5) is 16.5. The normalized spacial score (nSPS) is 10.6. The van der Waals surface area contributed by atoms with Gasteiger partial charge < -0.3 is 15.8 Å². The fourth-order valence-corrected chi connectivity index (χ4v) is 1.62. The molecule has 2 aromatic rings. The summed E-state index contributed by atoms with van der Waals surface area (Å²) in [7, 11) is 0. The van der Waals surface area contributed by atoms with Crippen LogP contribution in [-0.2, 0) is 6.54 Å². The van der Waals surface area contributed by atoms with E-state index in [9.17, 15) is 0 Å². The lowest BCUT2D eigenvalue weighted by Gasteiger charge is -2.13. The van der Waals surface area contributed by atoms with Crippen LogP contribution in [0.4, 0.5) is 11.5 Å². The molecule has 0 radical (unpaired) electrons. The molecule has 0 spiro atoms. The molecule has 20 heavy (non-hydrogen) atoms. The van der Waals surface area contributed by atoms with Crippen molar-refractivity contribution >= 4 is 11.5 Å². The molecule has 7 heteroatoms. The number of aryl methyl sites for hydroxylation is 1. The molecule has 0 aliphatic heterocycles. The van der Waals surface area contributed by atoms with Gasteiger partial charge in [-0.05, 0) is 26.8 Å². The van der Waals surface area contributed by atoms with Crippen LogP contribution < -0.4 is 15.8 Å². The number of hydrogen-bond acceptors (Lipinski definition) is 7. The zero-order chi connectivity index (χ0) is 14.5. The summed E-state index contributed by atoms with van der Waals surface area (Å²) in [6.45, 7) is 6.18. The Hall–Kier alpha value is -2.44. The molecule has 0 saturated carbocycles. The van der Waals surface area contributed by atoms with Crippen LogP contribution in [0, 0.1) is 6.92 Å². The monoisotopic (exact) mass is 274 g/mol. The van der Waals surface area contributed by atoms with Gasteiger partial charge >= 0.3 is 0 Å². The molecule has 7 nitrogen and oxygen atoms in total. The maximum atomic E-state index is 5.98. The first-order valence-electron chi connectivity index (χ1n) is 6.35. The molecule has 2 heterocycles. The van der Waals surface area contributed by atoms with Crippen molar-refractivity contribution in [1.29, 1.82) is 0 Å². The van der Waals surface area contributed by atoms with Gasteiger partial charge in [-0.2, -0.15) is 4.98 Å². The molecule has 0 aromatic carbocycles. The quantitative estimate of drug-likeness (QED) is 0.853. The molecule has 0 saturated heterocycles. The van der Waals surface area contributed by atoms with Crippen molar-refractivity contribution < 1.29 is 4.74 Å². The maximum absolute atomic E-state index is 5.98. The van der Waals surface area contributed by atoms with Gasteiger partial charge in [0.05, 0.1) is 18.3 Å². The average molecular weight is 274 g/mol. The molecule has 2 aromatic heterocycles. The van der Waals surface area contributed by atoms with Crippen molar-refractivity contribution in [3.8, 4) is 5.88 Å². The third-order valence-corrected chi connectivity index (χ3v) is 2.47. The first-order valence-corrected chi connectivity index (χ1v) is 6.35. The van der Waals surface area contributed by atoms with Gasteiger partial charge in [-0.25, -0.2) is 15.0 Å². The first-order chi connectivity index (χ1) is 9.56. The standard InChI is InChI=1S/C13H18N6O/c1-8(2)20-13-11(14)12(17-7-18-13)16-6-10-4-5-15-9(3)19-10/h4-5,7-8H,6,14H2,1-3H3,(H,16,17,18). The van der Waals surface area contributed by atoms with Crippen LogP contribution in [0.3, 0.4) is 0 Å². The average Bonchev–Trinajstić information content (AvgIpc) is 2.39. The Morgan fingerprint density at radius 1 is 1.30 bits per heavy atom. The van der Waals surface area contributed by atoms with Crippen LogP contribution in [0.5, 0.6) is 5.88 Å². The Morgan fingerprint density at radius 3 is 2.80 bits per heavy atom. The van der Waals surface area contributed by atoms with Crippen molar-refractivity contribution in [1.82, 2.24) is 19.9 Å². The zero-order valence-corrected chi connectivity index (χ0v) is 11.8. The Labute approximate surface area is 117 Å². The minimum Gasteiger partial charge on any atom is -0.473 e. The largest absolute Gasteiger partial charge is 0.473 e. The predicted molar refractivity (Wildman–Crippen MR) is 76.3 cm³/mol. The molecule has 0 atom stereocenters. The SMILES string of the molecule is Cc1nccc(CNc2ncnc(OC(C)C)c2N)n1. The highest BCUT2D eigenvalue weighted by Gasteiger charge is 2.10. The summed E-state index contributed by atoms with van der Waals surface area (Å²) in [5.74, 6) is 1.65. The number of nitrogen functional groups attached to an aromatic ring is 1. The molecule has 0 fully saturated rings. The Balaban J connectivity index is 2.10. The molecule has 0 bridgehead atoms. The second-order valence-electron chi connectivity index (χ2n) is 4.56. The number of anilines is 2. The summed E-state index contributed by atoms with van der Waals surface area (Å²) in [5, 5.41) is 3.12. The number of nitrogens with two attached hydrogens (primary N) is 1. The fraction of sp³-hybridized carbons (Fsp3) is 0.385. The van der Waals surface area contributed by atoms with E-state index in [2.05, 4.69) is 25.3 Å². The van der Waals surface area contributed by atoms with E-state index < -0.39 is 0 Å². The highest BCUT2D eigenvalue weighted by Crippen LogP contribution is 2.25. The lowest BCUT2D eigenvalue weighted by atomic mass is 10.3. The van der Waals surface area contributed by atoms with Crippen LogP contribution >= 0.6 is 0 Å². The van der Waals surface area contributed by atoms with Crippen molar-refractivity contribution in [2.24, 2.45) is 0 Å². The fourth-order valence-electron chi connectivity index (χ4n) is 1.62. The molecule has 0 aliphatic rings. The highest BCUT2D eigenvalue weighted by atomic mass is 16.5. The maximum Gasteiger partial charge on any atom is 0.242 e. The van der Waals surface area contributed by atoms with E-state index in [0.717, 1.165) is 11.5 Å². The van der Waals surface area contributed by atoms with Crippen molar-refractivity contribution in [2.45, 2.75) is 33.4 Å². The number of nitrogens with one attached hydrogen (secondary N) is 1. The van der Waals surface area contributed by atoms with E-state index in [1.165, 1.54) is 6.33 Å². The summed E-state index contributed by atoms with van der Waals surface area (Å²) in [6.07, 6.45) is 3.14. The molecule has 0 aliphatic carbocycles. The molecule has 0 amide bonds. The summed E-state index contributed by atoms with van der Waals surface area (Å²) >= 11 is 0. The molecular formula is C13H18N6O. The third kappa shape index (κ3) is 3.53. The van der Waals surface area contributed by atoms with Crippen LogP contribution in [0.15, 0.2) is 18.6 Å². The van der Waals surface area contributed by atoms with Crippen molar-refractivity contribution in [3.05, 3.63) is 30.1 Å². The topological polar surface area (TPSA) is 98.8 Å².